The van der Waals surface area contributed by atoms with Crippen LogP contribution in [0.5, 0.6) is 0 Å². The summed E-state index contributed by atoms with van der Waals surface area (Å²) in [4.78, 5) is 31.2. The fourth-order valence-electron chi connectivity index (χ4n) is 5.50. The monoisotopic (exact) mass is 769 g/mol. The SMILES string of the molecule is [2H]c1c([2H])c(F)c(F)c(CSc2c([2H])c(=O)c3c([2H])c(C)c([2H])c([2H])c3n2CC(=O)N(Cc2c([2H])c([2H])c(-c3c([2H])c([2H])c(C(F)(F)F)c([2H])c3[2H])c([2H])c2[2H])C2CCN(C([2H])([2H])COC([2H])([2H])[2H])CC2)c1[2H]. The number of carbonyl (C=O) groups excluding carboxylic acids is 1. The minimum Gasteiger partial charge on any atom is -0.383 e. The third-order valence-corrected chi connectivity index (χ3v) is 9.15. The minimum atomic E-state index is -5.38. The van der Waals surface area contributed by atoms with Crippen LogP contribution in [0.15, 0.2) is 100 Å². The predicted octanol–water partition coefficient (Wildman–Crippen LogP) is 8.71. The van der Waals surface area contributed by atoms with E-state index in [1.165, 1.54) is 11.8 Å². The Kier molecular flexibility index (Phi) is 6.36. The number of benzene rings is 4. The van der Waals surface area contributed by atoms with Gasteiger partial charge in [-0.25, -0.2) is 8.78 Å². The number of halogens is 5. The first-order valence-corrected chi connectivity index (χ1v) is 16.7. The lowest BCUT2D eigenvalue weighted by atomic mass is 10.00. The molecule has 6 rings (SSSR count). The number of aromatic nitrogens is 1. The molecule has 0 radical (unpaired) electrons. The van der Waals surface area contributed by atoms with E-state index in [1.54, 1.807) is 0 Å². The Balaban J connectivity index is 1.54. The van der Waals surface area contributed by atoms with Gasteiger partial charge in [-0.15, -0.1) is 11.8 Å². The highest BCUT2D eigenvalue weighted by Gasteiger charge is 2.31. The van der Waals surface area contributed by atoms with Gasteiger partial charge in [-0.2, -0.15) is 13.2 Å². The molecule has 53 heavy (non-hydrogen) atoms. The molecule has 6 nitrogen and oxygen atoms in total. The number of nitrogens with zero attached hydrogens (tertiary/aromatic N) is 3. The van der Waals surface area contributed by atoms with Crippen LogP contribution in [0.3, 0.4) is 0 Å². The third-order valence-electron chi connectivity index (χ3n) is 8.12. The summed E-state index contributed by atoms with van der Waals surface area (Å²) in [6.45, 7) is -4.54. The van der Waals surface area contributed by atoms with E-state index >= 15 is 9.18 Å². The van der Waals surface area contributed by atoms with Gasteiger partial charge in [0, 0.05) is 64.7 Å². The molecule has 1 fully saturated rings. The zero-order valence-electron chi connectivity index (χ0n) is 47.6. The third kappa shape index (κ3) is 9.17. The summed E-state index contributed by atoms with van der Waals surface area (Å²) in [5, 5.41) is -1.20. The van der Waals surface area contributed by atoms with Crippen LogP contribution in [0.1, 0.15) is 62.5 Å². The van der Waals surface area contributed by atoms with E-state index in [9.17, 15) is 22.4 Å². The number of likely N-dealkylation sites (tertiary alicyclic amines) is 1. The van der Waals surface area contributed by atoms with Crippen molar-refractivity contribution >= 4 is 28.6 Å². The Bertz CT molecular complexity index is 3080. The molecule has 1 aromatic heterocycles. The van der Waals surface area contributed by atoms with Crippen LogP contribution < -0.4 is 5.43 Å². The van der Waals surface area contributed by atoms with Gasteiger partial charge >= 0.3 is 6.18 Å². The van der Waals surface area contributed by atoms with E-state index in [2.05, 4.69) is 0 Å². The number of methoxy groups -OCH3 is 1. The van der Waals surface area contributed by atoms with Crippen molar-refractivity contribution in [2.75, 3.05) is 33.2 Å². The Labute approximate surface area is 337 Å². The quantitative estimate of drug-likeness (QED) is 0.0940. The molecule has 0 unspecified atom stereocenters. The number of hydrogen-bond donors (Lipinski definition) is 0. The molecule has 278 valence electrons. The number of piperidine rings is 1. The number of thioether (sulfide) groups is 1. The van der Waals surface area contributed by atoms with E-state index in [0.29, 0.717) is 11.8 Å². The Morgan fingerprint density at radius 3 is 2.38 bits per heavy atom. The molecule has 12 heteroatoms. The number of alkyl halides is 3. The van der Waals surface area contributed by atoms with Gasteiger partial charge in [-0.05, 0) is 66.7 Å². The van der Waals surface area contributed by atoms with Gasteiger partial charge in [0.1, 0.15) is 6.54 Å². The summed E-state index contributed by atoms with van der Waals surface area (Å²) in [6, 6.07) is -17.2. The summed E-state index contributed by atoms with van der Waals surface area (Å²) >= 11 is 0.347. The average molecular weight is 770 g/mol. The summed E-state index contributed by atoms with van der Waals surface area (Å²) in [5.41, 5.74) is -7.27. The maximum absolute atomic E-state index is 15.3. The largest absolute Gasteiger partial charge is 0.416 e. The number of fused-ring (bicyclic) bond motifs is 1. The first-order valence-electron chi connectivity index (χ1n) is 25.7. The molecule has 0 bridgehead atoms. The van der Waals surface area contributed by atoms with Crippen LogP contribution in [-0.2, 0) is 34.6 Å². The highest BCUT2D eigenvalue weighted by molar-refractivity contribution is 7.98. The maximum Gasteiger partial charge on any atom is 0.416 e. The summed E-state index contributed by atoms with van der Waals surface area (Å²) in [5.74, 6) is -5.44. The van der Waals surface area contributed by atoms with Gasteiger partial charge in [-0.3, -0.25) is 9.59 Å². The van der Waals surface area contributed by atoms with Crippen LogP contribution in [0.4, 0.5) is 22.0 Å². The normalized spacial score (nSPS) is 20.0. The van der Waals surface area contributed by atoms with Gasteiger partial charge in [0.2, 0.25) is 5.91 Å². The number of ether oxygens (including phenoxy) is 1. The van der Waals surface area contributed by atoms with Crippen molar-refractivity contribution in [3.63, 3.8) is 0 Å². The lowest BCUT2D eigenvalue weighted by Gasteiger charge is -2.39. The molecule has 5 aromatic rings. The van der Waals surface area contributed by atoms with Crippen molar-refractivity contribution in [3.05, 3.63) is 135 Å². The molecule has 1 saturated heterocycles. The van der Waals surface area contributed by atoms with Gasteiger partial charge < -0.3 is 19.1 Å². The van der Waals surface area contributed by atoms with Crippen LogP contribution in [0, 0.1) is 18.6 Å². The number of amides is 1. The number of rotatable bonds is 12. The van der Waals surface area contributed by atoms with Crippen LogP contribution in [0.25, 0.3) is 22.0 Å². The molecule has 1 aliphatic rings. The minimum absolute atomic E-state index is 0.181. The molecule has 4 aromatic carbocycles. The Morgan fingerprint density at radius 1 is 1.00 bits per heavy atom. The first-order chi connectivity index (χ1) is 33.6. The molecule has 0 aliphatic carbocycles. The molecule has 0 atom stereocenters. The zero-order valence-corrected chi connectivity index (χ0v) is 28.4. The van der Waals surface area contributed by atoms with Crippen LogP contribution >= 0.6 is 11.8 Å². The lowest BCUT2D eigenvalue weighted by molar-refractivity contribution is -0.137. The van der Waals surface area contributed by atoms with Crippen molar-refractivity contribution in [3.8, 4) is 11.1 Å². The smallest absolute Gasteiger partial charge is 0.383 e. The topological polar surface area (TPSA) is 54.8 Å². The summed E-state index contributed by atoms with van der Waals surface area (Å²) in [7, 11) is -2.98. The Hall–Kier alpha value is -4.52. The van der Waals surface area contributed by atoms with Crippen molar-refractivity contribution in [2.45, 2.75) is 55.9 Å². The second-order valence-corrected chi connectivity index (χ2v) is 12.6. The Morgan fingerprint density at radius 2 is 1.70 bits per heavy atom. The molecule has 2 heterocycles. The fraction of sp³-hybridized carbons (Fsp3) is 0.317. The maximum atomic E-state index is 15.3. The van der Waals surface area contributed by atoms with E-state index in [4.69, 9.17) is 32.2 Å². The second-order valence-electron chi connectivity index (χ2n) is 11.6. The molecule has 0 spiro atoms. The highest BCUT2D eigenvalue weighted by atomic mass is 32.2. The predicted molar refractivity (Wildman–Crippen MR) is 198 cm³/mol. The van der Waals surface area contributed by atoms with E-state index in [1.807, 2.05) is 0 Å². The van der Waals surface area contributed by atoms with Gasteiger partial charge in [0.05, 0.1) is 47.4 Å². The van der Waals surface area contributed by atoms with Crippen molar-refractivity contribution in [1.82, 2.24) is 14.4 Å². The van der Waals surface area contributed by atoms with Crippen molar-refractivity contribution < 1.29 is 58.9 Å². The van der Waals surface area contributed by atoms with Crippen LogP contribution in [0.2, 0.25) is 0 Å². The average Bonchev–Trinajstić information content (AvgIpc) is 3.31. The first kappa shape index (κ1) is 20.2. The molecule has 1 aliphatic heterocycles. The van der Waals surface area contributed by atoms with E-state index < -0.39 is 209 Å². The number of pyridine rings is 1. The second kappa shape index (κ2) is 16.7. The number of carbonyl (C=O) groups is 1. The van der Waals surface area contributed by atoms with Gasteiger partial charge in [0.15, 0.2) is 17.1 Å². The molecular weight excluding hydrogens is 710 g/mol. The molecule has 0 N–H and O–H groups in total. The van der Waals surface area contributed by atoms with Crippen molar-refractivity contribution in [1.29, 1.82) is 0 Å². The summed E-state index contributed by atoms with van der Waals surface area (Å²) < 4.78 is 244. The van der Waals surface area contributed by atoms with Gasteiger partial charge in [0.25, 0.3) is 0 Å². The highest BCUT2D eigenvalue weighted by Crippen LogP contribution is 2.32. The van der Waals surface area contributed by atoms with Gasteiger partial charge in [-0.1, -0.05) is 59.9 Å². The van der Waals surface area contributed by atoms with Crippen LogP contribution in [-0.4, -0.2) is 59.5 Å². The fourth-order valence-corrected chi connectivity index (χ4v) is 6.45. The van der Waals surface area contributed by atoms with E-state index in [-0.39, 0.29) is 31.5 Å². The summed E-state index contributed by atoms with van der Waals surface area (Å²) in [6.07, 6.45) is -5.74. The zero-order chi connectivity index (χ0) is 55.0. The van der Waals surface area contributed by atoms with Crippen molar-refractivity contribution in [2.24, 2.45) is 0 Å². The molecular formula is C41H40F5N3O3S. The lowest BCUT2D eigenvalue weighted by Crippen LogP contribution is -2.48. The molecule has 1 amide bonds. The standard InChI is InChI=1S/C41H40F5N3O3S/c1-27-6-15-36-34(22-27)37(50)23-39(53-26-31-4-3-5-35(42)40(31)43)49(36)25-38(51)48(33-16-18-47(19-17-33)20-21-52-2)24-28-7-9-29(10-8-28)30-11-13-32(14-12-30)41(44,45)46/h3-15,22-23,33H,16-21,24-26H2,1-2H3/i2D3,3D,4D,5D,6D,7D,8D,9D,10D,11D,12D,13D,14D,15D,20D2,22D,23D. The van der Waals surface area contributed by atoms with E-state index in [0.717, 1.165) is 9.47 Å². The molecule has 0 saturated carbocycles. The number of hydrogen-bond acceptors (Lipinski definition) is 5.